The molecule has 1 N–H and O–H groups in total. The number of hydrogen-bond acceptors (Lipinski definition) is 1. The van der Waals surface area contributed by atoms with E-state index in [1.807, 2.05) is 12.1 Å². The first-order chi connectivity index (χ1) is 7.66. The van der Waals surface area contributed by atoms with Gasteiger partial charge in [-0.1, -0.05) is 43.9 Å². The summed E-state index contributed by atoms with van der Waals surface area (Å²) in [6.07, 6.45) is 6.49. The number of hydrogen-bond donors (Lipinski definition) is 1. The van der Waals surface area contributed by atoms with Gasteiger partial charge in [-0.3, -0.25) is 0 Å². The van der Waals surface area contributed by atoms with Crippen LogP contribution in [0.4, 0.5) is 0 Å². The fraction of sp³-hybridized carbons (Fsp3) is 0.600. The molecule has 2 rings (SSSR count). The van der Waals surface area contributed by atoms with E-state index in [1.165, 1.54) is 31.2 Å². The fourth-order valence-electron chi connectivity index (χ4n) is 2.86. The lowest BCUT2D eigenvalue weighted by Crippen LogP contribution is -2.18. The highest BCUT2D eigenvalue weighted by Crippen LogP contribution is 2.34. The number of aromatic hydroxyl groups is 1. The van der Waals surface area contributed by atoms with Gasteiger partial charge in [0.15, 0.2) is 0 Å². The molecule has 1 aromatic carbocycles. The Morgan fingerprint density at radius 2 is 2.00 bits per heavy atom. The second-order valence-electron chi connectivity index (χ2n) is 5.36. The van der Waals surface area contributed by atoms with E-state index in [1.54, 1.807) is 0 Å². The Kier molecular flexibility index (Phi) is 3.52. The standard InChI is InChI=1S/C15H22O/c1-11-7-8-15(16)14(9-11)10-13-6-4-3-5-12(13)2/h7-9,12-13,16H,3-6,10H2,1-2H3. The Labute approximate surface area is 98.5 Å². The zero-order chi connectivity index (χ0) is 11.5. The van der Waals surface area contributed by atoms with Crippen LogP contribution < -0.4 is 0 Å². The van der Waals surface area contributed by atoms with Crippen LogP contribution in [0.1, 0.15) is 43.7 Å². The molecule has 0 aromatic heterocycles. The maximum atomic E-state index is 9.85. The molecule has 1 heteroatoms. The van der Waals surface area contributed by atoms with Crippen LogP contribution >= 0.6 is 0 Å². The van der Waals surface area contributed by atoms with Gasteiger partial charge in [0.2, 0.25) is 0 Å². The molecule has 1 saturated carbocycles. The summed E-state index contributed by atoms with van der Waals surface area (Å²) >= 11 is 0. The molecule has 0 aliphatic heterocycles. The highest BCUT2D eigenvalue weighted by atomic mass is 16.3. The van der Waals surface area contributed by atoms with E-state index in [2.05, 4.69) is 19.9 Å². The van der Waals surface area contributed by atoms with Gasteiger partial charge in [-0.25, -0.2) is 0 Å². The fourth-order valence-corrected chi connectivity index (χ4v) is 2.86. The van der Waals surface area contributed by atoms with Gasteiger partial charge in [0.25, 0.3) is 0 Å². The predicted molar refractivity (Wildman–Crippen MR) is 67.7 cm³/mol. The average molecular weight is 218 g/mol. The topological polar surface area (TPSA) is 20.2 Å². The van der Waals surface area contributed by atoms with Gasteiger partial charge < -0.3 is 5.11 Å². The highest BCUT2D eigenvalue weighted by molar-refractivity contribution is 5.36. The lowest BCUT2D eigenvalue weighted by atomic mass is 9.77. The Hall–Kier alpha value is -0.980. The molecule has 1 aliphatic rings. The number of benzene rings is 1. The largest absolute Gasteiger partial charge is 0.508 e. The minimum Gasteiger partial charge on any atom is -0.508 e. The lowest BCUT2D eigenvalue weighted by Gasteiger charge is -2.29. The second kappa shape index (κ2) is 4.90. The summed E-state index contributed by atoms with van der Waals surface area (Å²) in [6.45, 7) is 4.45. The molecule has 1 fully saturated rings. The first-order valence-electron chi connectivity index (χ1n) is 6.45. The van der Waals surface area contributed by atoms with Gasteiger partial charge >= 0.3 is 0 Å². The van der Waals surface area contributed by atoms with E-state index in [0.717, 1.165) is 23.8 Å². The van der Waals surface area contributed by atoms with E-state index < -0.39 is 0 Å². The number of rotatable bonds is 2. The molecule has 88 valence electrons. The molecule has 0 bridgehead atoms. The maximum absolute atomic E-state index is 9.85. The first-order valence-corrected chi connectivity index (χ1v) is 6.45. The zero-order valence-corrected chi connectivity index (χ0v) is 10.4. The van der Waals surface area contributed by atoms with Crippen molar-refractivity contribution in [3.05, 3.63) is 29.3 Å². The normalized spacial score (nSPS) is 25.6. The summed E-state index contributed by atoms with van der Waals surface area (Å²) in [5, 5.41) is 9.85. The van der Waals surface area contributed by atoms with Gasteiger partial charge in [-0.05, 0) is 43.2 Å². The molecule has 2 atom stereocenters. The van der Waals surface area contributed by atoms with E-state index in [4.69, 9.17) is 0 Å². The highest BCUT2D eigenvalue weighted by Gasteiger charge is 2.22. The average Bonchev–Trinajstić information content (AvgIpc) is 2.27. The Morgan fingerprint density at radius 3 is 2.75 bits per heavy atom. The molecule has 0 spiro atoms. The minimum atomic E-state index is 0.475. The third-order valence-corrected chi connectivity index (χ3v) is 4.01. The molecule has 0 radical (unpaired) electrons. The van der Waals surface area contributed by atoms with Crippen LogP contribution in [0.15, 0.2) is 18.2 Å². The van der Waals surface area contributed by atoms with E-state index >= 15 is 0 Å². The summed E-state index contributed by atoms with van der Waals surface area (Å²) in [7, 11) is 0. The molecule has 0 saturated heterocycles. The SMILES string of the molecule is Cc1ccc(O)c(CC2CCCCC2C)c1. The number of aryl methyl sites for hydroxylation is 1. The van der Waals surface area contributed by atoms with Crippen LogP contribution in [0.5, 0.6) is 5.75 Å². The zero-order valence-electron chi connectivity index (χ0n) is 10.4. The van der Waals surface area contributed by atoms with Gasteiger partial charge in [0.05, 0.1) is 0 Å². The van der Waals surface area contributed by atoms with Crippen molar-refractivity contribution in [2.75, 3.05) is 0 Å². The van der Waals surface area contributed by atoms with Gasteiger partial charge in [-0.15, -0.1) is 0 Å². The minimum absolute atomic E-state index is 0.475. The van der Waals surface area contributed by atoms with Crippen LogP contribution in [-0.4, -0.2) is 5.11 Å². The van der Waals surface area contributed by atoms with Gasteiger partial charge in [0, 0.05) is 0 Å². The van der Waals surface area contributed by atoms with E-state index in [-0.39, 0.29) is 0 Å². The molecule has 1 aromatic rings. The monoisotopic (exact) mass is 218 g/mol. The van der Waals surface area contributed by atoms with Crippen molar-refractivity contribution in [1.82, 2.24) is 0 Å². The van der Waals surface area contributed by atoms with Crippen molar-refractivity contribution < 1.29 is 5.11 Å². The van der Waals surface area contributed by atoms with Crippen LogP contribution in [0.3, 0.4) is 0 Å². The number of phenols is 1. The maximum Gasteiger partial charge on any atom is 0.118 e. The number of phenolic OH excluding ortho intramolecular Hbond substituents is 1. The molecular formula is C15H22O. The molecular weight excluding hydrogens is 196 g/mol. The van der Waals surface area contributed by atoms with Crippen molar-refractivity contribution in [3.63, 3.8) is 0 Å². The van der Waals surface area contributed by atoms with Crippen molar-refractivity contribution in [2.24, 2.45) is 11.8 Å². The van der Waals surface area contributed by atoms with Gasteiger partial charge in [-0.2, -0.15) is 0 Å². The summed E-state index contributed by atoms with van der Waals surface area (Å²) in [5.41, 5.74) is 2.38. The third-order valence-electron chi connectivity index (χ3n) is 4.01. The van der Waals surface area contributed by atoms with Gasteiger partial charge in [0.1, 0.15) is 5.75 Å². The third kappa shape index (κ3) is 2.58. The summed E-state index contributed by atoms with van der Waals surface area (Å²) < 4.78 is 0. The van der Waals surface area contributed by atoms with E-state index in [9.17, 15) is 5.11 Å². The second-order valence-corrected chi connectivity index (χ2v) is 5.36. The summed E-state index contributed by atoms with van der Waals surface area (Å²) in [5.74, 6) is 2.05. The van der Waals surface area contributed by atoms with Crippen LogP contribution in [0.25, 0.3) is 0 Å². The van der Waals surface area contributed by atoms with Crippen molar-refractivity contribution in [3.8, 4) is 5.75 Å². The Balaban J connectivity index is 2.10. The first kappa shape index (κ1) is 11.5. The quantitative estimate of drug-likeness (QED) is 0.793. The van der Waals surface area contributed by atoms with E-state index in [0.29, 0.717) is 5.75 Å². The van der Waals surface area contributed by atoms with Crippen LogP contribution in [0, 0.1) is 18.8 Å². The van der Waals surface area contributed by atoms with Crippen LogP contribution in [-0.2, 0) is 6.42 Å². The van der Waals surface area contributed by atoms with Crippen molar-refractivity contribution in [2.45, 2.75) is 46.0 Å². The predicted octanol–water partition coefficient (Wildman–Crippen LogP) is 4.07. The molecule has 16 heavy (non-hydrogen) atoms. The Morgan fingerprint density at radius 1 is 1.25 bits per heavy atom. The smallest absolute Gasteiger partial charge is 0.118 e. The van der Waals surface area contributed by atoms with Crippen molar-refractivity contribution in [1.29, 1.82) is 0 Å². The molecule has 0 amide bonds. The lowest BCUT2D eigenvalue weighted by molar-refractivity contribution is 0.253. The summed E-state index contributed by atoms with van der Waals surface area (Å²) in [6, 6.07) is 5.94. The van der Waals surface area contributed by atoms with Crippen LogP contribution in [0.2, 0.25) is 0 Å². The molecule has 0 heterocycles. The molecule has 1 aliphatic carbocycles. The van der Waals surface area contributed by atoms with Crippen molar-refractivity contribution >= 4 is 0 Å². The molecule has 1 nitrogen and oxygen atoms in total. The molecule has 2 unspecified atom stereocenters. The summed E-state index contributed by atoms with van der Waals surface area (Å²) in [4.78, 5) is 0. The Bertz CT molecular complexity index is 356.